The number of amides is 2. The van der Waals surface area contributed by atoms with Gasteiger partial charge in [-0.1, -0.05) is 6.07 Å². The van der Waals surface area contributed by atoms with Crippen LogP contribution in [0.5, 0.6) is 0 Å². The van der Waals surface area contributed by atoms with Crippen LogP contribution in [-0.4, -0.2) is 73.0 Å². The van der Waals surface area contributed by atoms with Crippen LogP contribution in [0, 0.1) is 0 Å². The number of hydrogen-bond acceptors (Lipinski definition) is 5. The number of hydrogen-bond donors (Lipinski definition) is 2. The lowest BCUT2D eigenvalue weighted by molar-refractivity contribution is -0.131. The Labute approximate surface area is 192 Å². The number of nitrogen functional groups attached to an aromatic ring is 1. The molecule has 0 aliphatic carbocycles. The molecule has 2 amide bonds. The molecule has 0 radical (unpaired) electrons. The molecule has 2 aliphatic rings. The Morgan fingerprint density at radius 2 is 1.70 bits per heavy atom. The third kappa shape index (κ3) is 6.93. The molecule has 3 N–H and O–H groups in total. The predicted octanol–water partition coefficient (Wildman–Crippen LogP) is 1.92. The molecule has 0 aromatic heterocycles. The van der Waals surface area contributed by atoms with Gasteiger partial charge in [0, 0.05) is 49.6 Å². The summed E-state index contributed by atoms with van der Waals surface area (Å²) in [6.07, 6.45) is 1.99. The first-order chi connectivity index (χ1) is 13.2. The fourth-order valence-corrected chi connectivity index (χ4v) is 3.97. The Morgan fingerprint density at radius 3 is 2.33 bits per heavy atom. The molecule has 30 heavy (non-hydrogen) atoms. The van der Waals surface area contributed by atoms with E-state index in [-0.39, 0.29) is 42.2 Å². The summed E-state index contributed by atoms with van der Waals surface area (Å²) in [7, 11) is 0. The van der Waals surface area contributed by atoms with E-state index in [1.807, 2.05) is 37.8 Å². The molecule has 0 saturated carbocycles. The van der Waals surface area contributed by atoms with Gasteiger partial charge in [-0.2, -0.15) is 0 Å². The van der Waals surface area contributed by atoms with Crippen LogP contribution in [0.4, 0.5) is 11.4 Å². The van der Waals surface area contributed by atoms with Gasteiger partial charge in [-0.25, -0.2) is 0 Å². The molecule has 0 atom stereocenters. The van der Waals surface area contributed by atoms with Gasteiger partial charge in [0.15, 0.2) is 0 Å². The molecule has 3 rings (SSSR count). The summed E-state index contributed by atoms with van der Waals surface area (Å²) in [5.41, 5.74) is 8.97. The van der Waals surface area contributed by atoms with Crippen molar-refractivity contribution >= 4 is 48.0 Å². The maximum absolute atomic E-state index is 12.8. The lowest BCUT2D eigenvalue weighted by Gasteiger charge is -2.37. The van der Waals surface area contributed by atoms with Crippen LogP contribution in [-0.2, 0) is 16.0 Å². The Morgan fingerprint density at radius 1 is 1.03 bits per heavy atom. The highest BCUT2D eigenvalue weighted by atomic mass is 35.5. The molecule has 0 bridgehead atoms. The number of carbonyl (C=O) groups is 2. The van der Waals surface area contributed by atoms with E-state index in [9.17, 15) is 9.59 Å². The van der Waals surface area contributed by atoms with Gasteiger partial charge in [0.1, 0.15) is 0 Å². The van der Waals surface area contributed by atoms with Crippen LogP contribution < -0.4 is 16.0 Å². The highest BCUT2D eigenvalue weighted by Crippen LogP contribution is 2.31. The number of benzene rings is 1. The fourth-order valence-electron chi connectivity index (χ4n) is 3.97. The number of carbonyl (C=O) groups excluding carboxylic acids is 2. The molecule has 170 valence electrons. The molecule has 0 spiro atoms. The van der Waals surface area contributed by atoms with Crippen molar-refractivity contribution in [2.75, 3.05) is 56.4 Å². The Bertz CT molecular complexity index is 731. The van der Waals surface area contributed by atoms with Crippen LogP contribution in [0.2, 0.25) is 0 Å². The van der Waals surface area contributed by atoms with E-state index in [0.717, 1.165) is 49.4 Å². The molecule has 0 unspecified atom stereocenters. The smallest absolute Gasteiger partial charge is 0.242 e. The lowest BCUT2D eigenvalue weighted by Crippen LogP contribution is -2.54. The number of rotatable bonds is 4. The highest BCUT2D eigenvalue weighted by Gasteiger charge is 2.26. The zero-order valence-corrected chi connectivity index (χ0v) is 19.8. The van der Waals surface area contributed by atoms with Crippen LogP contribution in [0.25, 0.3) is 0 Å². The molecule has 1 aromatic carbocycles. The Hall–Kier alpha value is -1.70. The number of anilines is 2. The molecule has 1 aromatic rings. The van der Waals surface area contributed by atoms with E-state index in [0.29, 0.717) is 26.2 Å². The van der Waals surface area contributed by atoms with Gasteiger partial charge in [-0.05, 0) is 51.3 Å². The van der Waals surface area contributed by atoms with Crippen molar-refractivity contribution in [2.45, 2.75) is 39.2 Å². The minimum absolute atomic E-state index is 0. The zero-order valence-electron chi connectivity index (χ0n) is 18.1. The summed E-state index contributed by atoms with van der Waals surface area (Å²) in [4.78, 5) is 31.1. The van der Waals surface area contributed by atoms with E-state index in [2.05, 4.69) is 21.2 Å². The molecule has 1 saturated heterocycles. The first-order valence-electron chi connectivity index (χ1n) is 10.2. The predicted molar refractivity (Wildman–Crippen MR) is 127 cm³/mol. The molecule has 7 nitrogen and oxygen atoms in total. The quantitative estimate of drug-likeness (QED) is 0.672. The third-order valence-corrected chi connectivity index (χ3v) is 5.32. The van der Waals surface area contributed by atoms with Crippen LogP contribution >= 0.6 is 24.8 Å². The summed E-state index contributed by atoms with van der Waals surface area (Å²) >= 11 is 0. The average molecular weight is 460 g/mol. The molecule has 2 heterocycles. The minimum Gasteiger partial charge on any atom is -0.398 e. The third-order valence-electron chi connectivity index (χ3n) is 5.32. The number of halogens is 2. The van der Waals surface area contributed by atoms with Crippen molar-refractivity contribution in [3.63, 3.8) is 0 Å². The van der Waals surface area contributed by atoms with E-state index < -0.39 is 0 Å². The standard InChI is InChI=1S/C21H33N5O2.2ClH/c1-21(2,3)23-19(27)14-24-10-12-25(13-11-24)20(28)15-26-9-5-6-16-17(22)7-4-8-18(16)26;;/h4,7-8H,5-6,9-15,22H2,1-3H3,(H,23,27);2*1H. The maximum atomic E-state index is 12.8. The number of fused-ring (bicyclic) bond motifs is 1. The second-order valence-electron chi connectivity index (χ2n) is 8.83. The second-order valence-corrected chi connectivity index (χ2v) is 8.83. The van der Waals surface area contributed by atoms with Crippen molar-refractivity contribution < 1.29 is 9.59 Å². The van der Waals surface area contributed by atoms with Crippen molar-refractivity contribution in [3.05, 3.63) is 23.8 Å². The van der Waals surface area contributed by atoms with Crippen molar-refractivity contribution in [3.8, 4) is 0 Å². The zero-order chi connectivity index (χ0) is 20.3. The van der Waals surface area contributed by atoms with Gasteiger partial charge >= 0.3 is 0 Å². The molecule has 9 heteroatoms. The topological polar surface area (TPSA) is 81.9 Å². The number of nitrogens with one attached hydrogen (secondary N) is 1. The number of piperazine rings is 1. The fraction of sp³-hybridized carbons (Fsp3) is 0.619. The van der Waals surface area contributed by atoms with Gasteiger partial charge < -0.3 is 20.9 Å². The van der Waals surface area contributed by atoms with E-state index >= 15 is 0 Å². The summed E-state index contributed by atoms with van der Waals surface area (Å²) in [5.74, 6) is 0.184. The Balaban J connectivity index is 0.00000225. The van der Waals surface area contributed by atoms with Crippen LogP contribution in [0.3, 0.4) is 0 Å². The van der Waals surface area contributed by atoms with Gasteiger partial charge in [-0.15, -0.1) is 24.8 Å². The number of nitrogens with two attached hydrogens (primary N) is 1. The molecule has 2 aliphatic heterocycles. The van der Waals surface area contributed by atoms with Gasteiger partial charge in [0.05, 0.1) is 13.1 Å². The van der Waals surface area contributed by atoms with E-state index in [4.69, 9.17) is 5.73 Å². The van der Waals surface area contributed by atoms with Crippen molar-refractivity contribution in [1.29, 1.82) is 0 Å². The molecule has 1 fully saturated rings. The highest BCUT2D eigenvalue weighted by molar-refractivity contribution is 5.85. The van der Waals surface area contributed by atoms with Gasteiger partial charge in [0.2, 0.25) is 11.8 Å². The monoisotopic (exact) mass is 459 g/mol. The second kappa shape index (κ2) is 11.1. The van der Waals surface area contributed by atoms with Crippen LogP contribution in [0.15, 0.2) is 18.2 Å². The summed E-state index contributed by atoms with van der Waals surface area (Å²) in [6.45, 7) is 10.4. The van der Waals surface area contributed by atoms with E-state index in [1.165, 1.54) is 0 Å². The first kappa shape index (κ1) is 26.3. The summed E-state index contributed by atoms with van der Waals surface area (Å²) in [6, 6.07) is 5.95. The number of nitrogens with zero attached hydrogens (tertiary/aromatic N) is 3. The minimum atomic E-state index is -0.219. The first-order valence-corrected chi connectivity index (χ1v) is 10.2. The summed E-state index contributed by atoms with van der Waals surface area (Å²) < 4.78 is 0. The summed E-state index contributed by atoms with van der Waals surface area (Å²) in [5, 5.41) is 2.99. The SMILES string of the molecule is CC(C)(C)NC(=O)CN1CCN(C(=O)CN2CCCc3c(N)cccc32)CC1.Cl.Cl. The van der Waals surface area contributed by atoms with Crippen LogP contribution in [0.1, 0.15) is 32.8 Å². The van der Waals surface area contributed by atoms with E-state index in [1.54, 1.807) is 0 Å². The van der Waals surface area contributed by atoms with Gasteiger partial charge in [0.25, 0.3) is 0 Å². The molecular formula is C21H35Cl2N5O2. The van der Waals surface area contributed by atoms with Crippen molar-refractivity contribution in [2.24, 2.45) is 0 Å². The van der Waals surface area contributed by atoms with Gasteiger partial charge in [-0.3, -0.25) is 14.5 Å². The molecular weight excluding hydrogens is 425 g/mol. The lowest BCUT2D eigenvalue weighted by atomic mass is 10.00. The van der Waals surface area contributed by atoms with Crippen molar-refractivity contribution in [1.82, 2.24) is 15.1 Å². The largest absolute Gasteiger partial charge is 0.398 e. The normalized spacial score (nSPS) is 16.8. The Kier molecular flexibility index (Phi) is 9.72. The maximum Gasteiger partial charge on any atom is 0.242 e. The average Bonchev–Trinajstić information content (AvgIpc) is 2.61.